The third kappa shape index (κ3) is 4.64. The van der Waals surface area contributed by atoms with Gasteiger partial charge in [-0.2, -0.15) is 8.78 Å². The van der Waals surface area contributed by atoms with Crippen LogP contribution in [0.2, 0.25) is 0 Å². The van der Waals surface area contributed by atoms with E-state index in [0.717, 1.165) is 0 Å². The molecule has 0 rings (SSSR count). The van der Waals surface area contributed by atoms with Crippen LogP contribution in [0.4, 0.5) is 8.78 Å². The van der Waals surface area contributed by atoms with Crippen LogP contribution in [0.1, 0.15) is 20.8 Å². The van der Waals surface area contributed by atoms with Crippen molar-refractivity contribution in [1.82, 2.24) is 0 Å². The van der Waals surface area contributed by atoms with E-state index >= 15 is 0 Å². The molecule has 0 atom stereocenters. The van der Waals surface area contributed by atoms with Gasteiger partial charge in [0.1, 0.15) is 0 Å². The van der Waals surface area contributed by atoms with Gasteiger partial charge in [-0.3, -0.25) is 0 Å². The van der Waals surface area contributed by atoms with E-state index < -0.39 is 18.3 Å². The first-order chi connectivity index (χ1) is 4.27. The van der Waals surface area contributed by atoms with Crippen LogP contribution in [0.15, 0.2) is 0 Å². The molecule has 10 heavy (non-hydrogen) atoms. The number of ether oxygens (including phenoxy) is 1. The maximum atomic E-state index is 12.3. The lowest BCUT2D eigenvalue weighted by atomic mass is 10.2. The third-order valence-corrected chi connectivity index (χ3v) is 0.693. The Kier molecular flexibility index (Phi) is 2.74. The van der Waals surface area contributed by atoms with E-state index in [9.17, 15) is 8.78 Å². The highest BCUT2D eigenvalue weighted by Gasteiger charge is 2.33. The predicted octanol–water partition coefficient (Wildman–Crippen LogP) is 1.35. The van der Waals surface area contributed by atoms with Gasteiger partial charge in [0.05, 0.1) is 12.1 Å². The molecule has 0 saturated heterocycles. The number of halogens is 2. The Hall–Kier alpha value is -0.220. The molecule has 0 spiro atoms. The average Bonchev–Trinajstić information content (AvgIpc) is 1.60. The molecule has 0 heterocycles. The molecule has 0 fully saturated rings. The van der Waals surface area contributed by atoms with Crippen molar-refractivity contribution in [2.45, 2.75) is 32.5 Å². The van der Waals surface area contributed by atoms with Gasteiger partial charge < -0.3 is 10.5 Å². The summed E-state index contributed by atoms with van der Waals surface area (Å²) in [5.74, 6) is 0. The Labute approximate surface area is 59.3 Å². The van der Waals surface area contributed by atoms with Gasteiger partial charge in [0.2, 0.25) is 0 Å². The van der Waals surface area contributed by atoms with Gasteiger partial charge in [0.15, 0.2) is 0 Å². The molecule has 0 aromatic carbocycles. The summed E-state index contributed by atoms with van der Waals surface area (Å²) in [6.45, 7) is 3.88. The van der Waals surface area contributed by atoms with Crippen LogP contribution in [0.5, 0.6) is 0 Å². The van der Waals surface area contributed by atoms with Crippen LogP contribution in [-0.2, 0) is 4.74 Å². The van der Waals surface area contributed by atoms with Gasteiger partial charge in [0, 0.05) is 0 Å². The van der Waals surface area contributed by atoms with Crippen molar-refractivity contribution in [3.05, 3.63) is 0 Å². The number of alkyl halides is 2. The Morgan fingerprint density at radius 1 is 1.30 bits per heavy atom. The van der Waals surface area contributed by atoms with E-state index in [-0.39, 0.29) is 0 Å². The van der Waals surface area contributed by atoms with Crippen molar-refractivity contribution in [2.24, 2.45) is 5.73 Å². The largest absolute Gasteiger partial charge is 0.368 e. The van der Waals surface area contributed by atoms with E-state index in [4.69, 9.17) is 5.73 Å². The first-order valence-corrected chi connectivity index (χ1v) is 3.05. The summed E-state index contributed by atoms with van der Waals surface area (Å²) in [4.78, 5) is 0. The quantitative estimate of drug-likeness (QED) is 0.650. The Bertz CT molecular complexity index is 109. The fourth-order valence-electron chi connectivity index (χ4n) is 0.490. The van der Waals surface area contributed by atoms with E-state index in [1.165, 1.54) is 0 Å². The molecule has 0 bridgehead atoms. The van der Waals surface area contributed by atoms with Crippen molar-refractivity contribution in [1.29, 1.82) is 0 Å². The first kappa shape index (κ1) is 9.78. The van der Waals surface area contributed by atoms with Crippen LogP contribution in [0.3, 0.4) is 0 Å². The minimum absolute atomic E-state index is 0.774. The van der Waals surface area contributed by atoms with Crippen molar-refractivity contribution in [3.63, 3.8) is 0 Å². The van der Waals surface area contributed by atoms with Gasteiger partial charge in [-0.05, 0) is 20.8 Å². The molecule has 0 aliphatic heterocycles. The fraction of sp³-hybridized carbons (Fsp3) is 1.00. The number of hydrogen-bond acceptors (Lipinski definition) is 2. The maximum absolute atomic E-state index is 12.3. The Morgan fingerprint density at radius 2 is 1.70 bits per heavy atom. The predicted molar refractivity (Wildman–Crippen MR) is 34.8 cm³/mol. The molecule has 0 aliphatic rings. The Morgan fingerprint density at radius 3 is 1.80 bits per heavy atom. The second-order valence-corrected chi connectivity index (χ2v) is 3.06. The summed E-state index contributed by atoms with van der Waals surface area (Å²) in [7, 11) is 0. The minimum atomic E-state index is -3.20. The monoisotopic (exact) mass is 153 g/mol. The van der Waals surface area contributed by atoms with Gasteiger partial charge in [-0.25, -0.2) is 0 Å². The van der Waals surface area contributed by atoms with E-state index in [1.807, 2.05) is 0 Å². The van der Waals surface area contributed by atoms with Crippen molar-refractivity contribution < 1.29 is 13.5 Å². The van der Waals surface area contributed by atoms with Crippen molar-refractivity contribution in [3.8, 4) is 0 Å². The van der Waals surface area contributed by atoms with Gasteiger partial charge in [0.25, 0.3) is 0 Å². The lowest BCUT2D eigenvalue weighted by molar-refractivity contribution is -0.275. The normalized spacial score (nSPS) is 13.8. The highest BCUT2D eigenvalue weighted by atomic mass is 19.3. The third-order valence-electron chi connectivity index (χ3n) is 0.693. The summed E-state index contributed by atoms with van der Waals surface area (Å²) in [5.41, 5.74) is 3.89. The standard InChI is InChI=1S/C6H13F2NO/c1-5(2,3)10-6(7,8)4-9/h4,9H2,1-3H3. The second-order valence-electron chi connectivity index (χ2n) is 3.06. The van der Waals surface area contributed by atoms with Crippen molar-refractivity contribution >= 4 is 0 Å². The zero-order chi connectivity index (χ0) is 8.41. The molecule has 0 aromatic heterocycles. The summed E-state index contributed by atoms with van der Waals surface area (Å²) in [5, 5.41) is 0. The van der Waals surface area contributed by atoms with Gasteiger partial charge >= 0.3 is 6.11 Å². The molecule has 0 saturated carbocycles. The molecule has 0 aliphatic carbocycles. The number of hydrogen-bond donors (Lipinski definition) is 1. The van der Waals surface area contributed by atoms with Crippen LogP contribution >= 0.6 is 0 Å². The van der Waals surface area contributed by atoms with Crippen LogP contribution < -0.4 is 5.73 Å². The molecule has 4 heteroatoms. The summed E-state index contributed by atoms with van der Waals surface area (Å²) in [6.07, 6.45) is -3.20. The zero-order valence-electron chi connectivity index (χ0n) is 6.45. The van der Waals surface area contributed by atoms with E-state index in [1.54, 1.807) is 20.8 Å². The van der Waals surface area contributed by atoms with Crippen molar-refractivity contribution in [2.75, 3.05) is 6.54 Å². The van der Waals surface area contributed by atoms with E-state index in [2.05, 4.69) is 4.74 Å². The molecular formula is C6H13F2NO. The fourth-order valence-corrected chi connectivity index (χ4v) is 0.490. The lowest BCUT2D eigenvalue weighted by Gasteiger charge is -2.25. The molecule has 0 unspecified atom stereocenters. The topological polar surface area (TPSA) is 35.2 Å². The molecular weight excluding hydrogens is 140 g/mol. The second kappa shape index (κ2) is 2.80. The average molecular weight is 153 g/mol. The smallest absolute Gasteiger partial charge is 0.323 e. The molecule has 2 nitrogen and oxygen atoms in total. The summed E-state index contributed by atoms with van der Waals surface area (Å²) < 4.78 is 28.9. The molecule has 0 amide bonds. The van der Waals surface area contributed by atoms with Crippen LogP contribution in [-0.4, -0.2) is 18.3 Å². The van der Waals surface area contributed by atoms with E-state index in [0.29, 0.717) is 0 Å². The first-order valence-electron chi connectivity index (χ1n) is 3.05. The molecule has 62 valence electrons. The van der Waals surface area contributed by atoms with Crippen LogP contribution in [0, 0.1) is 0 Å². The van der Waals surface area contributed by atoms with Crippen LogP contribution in [0.25, 0.3) is 0 Å². The lowest BCUT2D eigenvalue weighted by Crippen LogP contribution is -2.38. The molecule has 0 radical (unpaired) electrons. The van der Waals surface area contributed by atoms with Gasteiger partial charge in [-0.1, -0.05) is 0 Å². The maximum Gasteiger partial charge on any atom is 0.368 e. The number of rotatable bonds is 2. The molecule has 0 aromatic rings. The highest BCUT2D eigenvalue weighted by molar-refractivity contribution is 4.64. The molecule has 2 N–H and O–H groups in total. The zero-order valence-corrected chi connectivity index (χ0v) is 6.45. The summed E-state index contributed by atoms with van der Waals surface area (Å²) >= 11 is 0. The minimum Gasteiger partial charge on any atom is -0.323 e. The number of nitrogens with two attached hydrogens (primary N) is 1. The Balaban J connectivity index is 3.89. The SMILES string of the molecule is CC(C)(C)OC(F)(F)CN. The highest BCUT2D eigenvalue weighted by Crippen LogP contribution is 2.21. The van der Waals surface area contributed by atoms with Gasteiger partial charge in [-0.15, -0.1) is 0 Å². The summed E-state index contributed by atoms with van der Waals surface area (Å²) in [6, 6.07) is 0.